The fraction of sp³-hybridized carbons (Fsp3) is 0.150. The van der Waals surface area contributed by atoms with Gasteiger partial charge in [-0.15, -0.1) is 0 Å². The molecule has 132 valence electrons. The molecule has 1 N–H and O–H groups in total. The van der Waals surface area contributed by atoms with Crippen LogP contribution in [-0.4, -0.2) is 18.0 Å². The second-order valence-electron chi connectivity index (χ2n) is 5.73. The van der Waals surface area contributed by atoms with E-state index in [1.807, 2.05) is 36.4 Å². The molecule has 0 aliphatic carbocycles. The molecular formula is C20H18N2O4. The number of nitrogens with zero attached hydrogens (tertiary/aromatic N) is 1. The minimum absolute atomic E-state index is 0.0254. The number of aromatic nitrogens is 1. The molecule has 0 aliphatic rings. The summed E-state index contributed by atoms with van der Waals surface area (Å²) in [6.45, 7) is 1.63. The van der Waals surface area contributed by atoms with E-state index in [0.717, 1.165) is 16.9 Å². The molecule has 0 aliphatic heterocycles. The lowest BCUT2D eigenvalue weighted by Gasteiger charge is -2.19. The van der Waals surface area contributed by atoms with E-state index in [0.29, 0.717) is 5.76 Å². The van der Waals surface area contributed by atoms with E-state index < -0.39 is 11.9 Å². The van der Waals surface area contributed by atoms with E-state index in [9.17, 15) is 9.59 Å². The second kappa shape index (κ2) is 7.65. The standard InChI is InChI=1S/C20H18N2O4/c1-13-11-16(23)12-18(26-13)20(24)22-19(15-7-9-21-10-8-15)14-3-5-17(25-2)6-4-14/h3-12,19H,1-2H3,(H,22,24)/t19-/m0/s1. The van der Waals surface area contributed by atoms with Gasteiger partial charge in [-0.3, -0.25) is 14.6 Å². The normalized spacial score (nSPS) is 11.6. The zero-order valence-corrected chi connectivity index (χ0v) is 14.4. The van der Waals surface area contributed by atoms with Crippen molar-refractivity contribution in [1.29, 1.82) is 0 Å². The number of aryl methyl sites for hydroxylation is 1. The monoisotopic (exact) mass is 350 g/mol. The molecule has 6 heteroatoms. The van der Waals surface area contributed by atoms with E-state index >= 15 is 0 Å². The Morgan fingerprint density at radius 2 is 1.73 bits per heavy atom. The lowest BCUT2D eigenvalue weighted by Crippen LogP contribution is -2.30. The van der Waals surface area contributed by atoms with Crippen LogP contribution in [0.25, 0.3) is 0 Å². The van der Waals surface area contributed by atoms with Gasteiger partial charge in [0.1, 0.15) is 11.5 Å². The molecule has 2 aromatic heterocycles. The highest BCUT2D eigenvalue weighted by atomic mass is 16.5. The lowest BCUT2D eigenvalue weighted by molar-refractivity contribution is 0.0911. The number of carbonyl (C=O) groups is 1. The number of carbonyl (C=O) groups excluding carboxylic acids is 1. The van der Waals surface area contributed by atoms with Crippen LogP contribution in [0.5, 0.6) is 5.75 Å². The van der Waals surface area contributed by atoms with Crippen molar-refractivity contribution in [3.8, 4) is 5.75 Å². The molecule has 1 amide bonds. The fourth-order valence-electron chi connectivity index (χ4n) is 2.63. The molecule has 6 nitrogen and oxygen atoms in total. The number of methoxy groups -OCH3 is 1. The Balaban J connectivity index is 1.95. The summed E-state index contributed by atoms with van der Waals surface area (Å²) in [6, 6.07) is 13.1. The Kier molecular flexibility index (Phi) is 5.12. The van der Waals surface area contributed by atoms with Crippen LogP contribution in [0.2, 0.25) is 0 Å². The number of benzene rings is 1. The third-order valence-electron chi connectivity index (χ3n) is 3.88. The molecule has 1 atom stereocenters. The van der Waals surface area contributed by atoms with Crippen LogP contribution in [0, 0.1) is 6.92 Å². The summed E-state index contributed by atoms with van der Waals surface area (Å²) in [7, 11) is 1.59. The Morgan fingerprint density at radius 3 is 2.35 bits per heavy atom. The van der Waals surface area contributed by atoms with Crippen LogP contribution in [0.15, 0.2) is 70.1 Å². The molecule has 2 heterocycles. The molecule has 0 bridgehead atoms. The number of rotatable bonds is 5. The van der Waals surface area contributed by atoms with E-state index in [-0.39, 0.29) is 11.2 Å². The number of ether oxygens (including phenoxy) is 1. The summed E-state index contributed by atoms with van der Waals surface area (Å²) in [5.41, 5.74) is 1.44. The maximum atomic E-state index is 12.6. The summed E-state index contributed by atoms with van der Waals surface area (Å²) in [4.78, 5) is 28.3. The number of hydrogen-bond donors (Lipinski definition) is 1. The van der Waals surface area contributed by atoms with Crippen molar-refractivity contribution >= 4 is 5.91 Å². The summed E-state index contributed by atoms with van der Waals surface area (Å²) in [6.07, 6.45) is 3.32. The highest BCUT2D eigenvalue weighted by molar-refractivity contribution is 5.91. The topological polar surface area (TPSA) is 81.4 Å². The number of amides is 1. The van der Waals surface area contributed by atoms with Crippen LogP contribution < -0.4 is 15.5 Å². The molecule has 0 fully saturated rings. The van der Waals surface area contributed by atoms with Gasteiger partial charge in [-0.2, -0.15) is 0 Å². The van der Waals surface area contributed by atoms with Crippen LogP contribution in [0.4, 0.5) is 0 Å². The van der Waals surface area contributed by atoms with Crippen molar-refractivity contribution in [2.75, 3.05) is 7.11 Å². The Bertz CT molecular complexity index is 950. The average Bonchev–Trinajstić information content (AvgIpc) is 2.66. The van der Waals surface area contributed by atoms with Gasteiger partial charge in [0.25, 0.3) is 5.91 Å². The molecule has 26 heavy (non-hydrogen) atoms. The first-order valence-corrected chi connectivity index (χ1v) is 8.03. The first-order chi connectivity index (χ1) is 12.6. The van der Waals surface area contributed by atoms with Gasteiger partial charge >= 0.3 is 0 Å². The van der Waals surface area contributed by atoms with Crippen LogP contribution in [0.3, 0.4) is 0 Å². The predicted molar refractivity (Wildman–Crippen MR) is 96.3 cm³/mol. The Labute approximate surface area is 150 Å². The van der Waals surface area contributed by atoms with Gasteiger partial charge in [0, 0.05) is 24.5 Å². The molecule has 0 unspecified atom stereocenters. The van der Waals surface area contributed by atoms with Crippen molar-refractivity contribution in [1.82, 2.24) is 10.3 Å². The number of hydrogen-bond acceptors (Lipinski definition) is 5. The van der Waals surface area contributed by atoms with E-state index in [1.165, 1.54) is 12.1 Å². The van der Waals surface area contributed by atoms with Gasteiger partial charge in [0.2, 0.25) is 0 Å². The maximum absolute atomic E-state index is 12.6. The summed E-state index contributed by atoms with van der Waals surface area (Å²) in [5.74, 6) is 0.608. The van der Waals surface area contributed by atoms with Gasteiger partial charge in [-0.1, -0.05) is 12.1 Å². The first-order valence-electron chi connectivity index (χ1n) is 8.03. The average molecular weight is 350 g/mol. The quantitative estimate of drug-likeness (QED) is 0.765. The second-order valence-corrected chi connectivity index (χ2v) is 5.73. The smallest absolute Gasteiger partial charge is 0.287 e. The number of nitrogens with one attached hydrogen (secondary N) is 1. The number of pyridine rings is 1. The SMILES string of the molecule is COc1ccc([C@H](NC(=O)c2cc(=O)cc(C)o2)c2ccncc2)cc1. The van der Waals surface area contributed by atoms with E-state index in [4.69, 9.17) is 9.15 Å². The van der Waals surface area contributed by atoms with Gasteiger partial charge in [-0.25, -0.2) is 0 Å². The summed E-state index contributed by atoms with van der Waals surface area (Å²) < 4.78 is 10.6. The van der Waals surface area contributed by atoms with E-state index in [1.54, 1.807) is 26.4 Å². The van der Waals surface area contributed by atoms with Gasteiger partial charge in [0.15, 0.2) is 11.2 Å². The van der Waals surface area contributed by atoms with Crippen molar-refractivity contribution < 1.29 is 13.9 Å². The first kappa shape index (κ1) is 17.4. The minimum Gasteiger partial charge on any atom is -0.497 e. The van der Waals surface area contributed by atoms with Gasteiger partial charge < -0.3 is 14.5 Å². The van der Waals surface area contributed by atoms with Crippen molar-refractivity contribution in [3.05, 3.63) is 93.8 Å². The molecule has 1 aromatic carbocycles. The molecule has 3 aromatic rings. The summed E-state index contributed by atoms with van der Waals surface area (Å²) in [5, 5.41) is 2.92. The fourth-order valence-corrected chi connectivity index (χ4v) is 2.63. The highest BCUT2D eigenvalue weighted by Gasteiger charge is 2.20. The zero-order chi connectivity index (χ0) is 18.5. The molecule has 0 spiro atoms. The van der Waals surface area contributed by atoms with Gasteiger partial charge in [-0.05, 0) is 42.3 Å². The predicted octanol–water partition coefficient (Wildman–Crippen LogP) is 2.87. The highest BCUT2D eigenvalue weighted by Crippen LogP contribution is 2.24. The van der Waals surface area contributed by atoms with Gasteiger partial charge in [0.05, 0.1) is 13.2 Å². The lowest BCUT2D eigenvalue weighted by atomic mass is 9.99. The molecular weight excluding hydrogens is 332 g/mol. The van der Waals surface area contributed by atoms with Crippen LogP contribution in [0.1, 0.15) is 33.5 Å². The maximum Gasteiger partial charge on any atom is 0.287 e. The van der Waals surface area contributed by atoms with Crippen molar-refractivity contribution in [2.45, 2.75) is 13.0 Å². The zero-order valence-electron chi connectivity index (χ0n) is 14.4. The molecule has 0 saturated heterocycles. The van der Waals surface area contributed by atoms with E-state index in [2.05, 4.69) is 10.3 Å². The van der Waals surface area contributed by atoms with Crippen molar-refractivity contribution in [3.63, 3.8) is 0 Å². The summed E-state index contributed by atoms with van der Waals surface area (Å²) >= 11 is 0. The third-order valence-corrected chi connectivity index (χ3v) is 3.88. The Hall–Kier alpha value is -3.41. The molecule has 3 rings (SSSR count). The minimum atomic E-state index is -0.469. The molecule has 0 saturated carbocycles. The molecule has 0 radical (unpaired) electrons. The third kappa shape index (κ3) is 3.97. The van der Waals surface area contributed by atoms with Crippen LogP contribution in [-0.2, 0) is 0 Å². The Morgan fingerprint density at radius 1 is 1.08 bits per heavy atom. The van der Waals surface area contributed by atoms with Crippen LogP contribution >= 0.6 is 0 Å². The largest absolute Gasteiger partial charge is 0.497 e. The van der Waals surface area contributed by atoms with Crippen molar-refractivity contribution in [2.24, 2.45) is 0 Å².